The minimum Gasteiger partial charge on any atom is -0.481 e. The number of benzene rings is 1. The van der Waals surface area contributed by atoms with E-state index in [2.05, 4.69) is 5.32 Å². The summed E-state index contributed by atoms with van der Waals surface area (Å²) in [6.45, 7) is 3.08. The third-order valence-electron chi connectivity index (χ3n) is 2.92. The molecule has 0 radical (unpaired) electrons. The van der Waals surface area contributed by atoms with Gasteiger partial charge in [-0.3, -0.25) is 9.59 Å². The maximum absolute atomic E-state index is 11.8. The fourth-order valence-corrected chi connectivity index (χ4v) is 2.50. The van der Waals surface area contributed by atoms with Crippen molar-refractivity contribution in [2.45, 2.75) is 20.3 Å². The Hall–Kier alpha value is -1.88. The van der Waals surface area contributed by atoms with Crippen molar-refractivity contribution in [2.75, 3.05) is 5.32 Å². The van der Waals surface area contributed by atoms with Crippen molar-refractivity contribution in [2.24, 2.45) is 5.41 Å². The highest BCUT2D eigenvalue weighted by atomic mass is 32.1. The monoisotopic (exact) mass is 277 g/mol. The number of rotatable bonds is 4. The molecule has 0 aliphatic carbocycles. The van der Waals surface area contributed by atoms with Crippen LogP contribution in [0.25, 0.3) is 10.1 Å². The molecule has 5 heteroatoms. The van der Waals surface area contributed by atoms with E-state index in [0.717, 1.165) is 10.1 Å². The summed E-state index contributed by atoms with van der Waals surface area (Å²) in [7, 11) is 0. The molecule has 0 saturated heterocycles. The molecule has 1 aromatic heterocycles. The number of carboxylic acids is 1. The van der Waals surface area contributed by atoms with Crippen molar-refractivity contribution in [1.82, 2.24) is 0 Å². The van der Waals surface area contributed by atoms with Crippen LogP contribution in [0, 0.1) is 5.41 Å². The molecule has 0 bridgehead atoms. The highest BCUT2D eigenvalue weighted by Crippen LogP contribution is 2.25. The second-order valence-electron chi connectivity index (χ2n) is 5.09. The largest absolute Gasteiger partial charge is 0.481 e. The molecule has 0 aliphatic rings. The molecule has 2 rings (SSSR count). The van der Waals surface area contributed by atoms with E-state index in [1.807, 2.05) is 29.6 Å². The molecule has 0 atom stereocenters. The lowest BCUT2D eigenvalue weighted by Gasteiger charge is -2.18. The Labute approximate surface area is 115 Å². The number of amides is 1. The summed E-state index contributed by atoms with van der Waals surface area (Å²) in [5.74, 6) is -1.27. The normalized spacial score (nSPS) is 11.5. The smallest absolute Gasteiger partial charge is 0.309 e. The van der Waals surface area contributed by atoms with Gasteiger partial charge in [0.25, 0.3) is 0 Å². The summed E-state index contributed by atoms with van der Waals surface area (Å²) in [5, 5.41) is 14.8. The zero-order valence-corrected chi connectivity index (χ0v) is 11.6. The molecule has 0 aliphatic heterocycles. The van der Waals surface area contributed by atoms with Crippen molar-refractivity contribution in [3.8, 4) is 0 Å². The Kier molecular flexibility index (Phi) is 3.57. The molecule has 1 amide bonds. The Balaban J connectivity index is 2.08. The average molecular weight is 277 g/mol. The maximum atomic E-state index is 11.8. The summed E-state index contributed by atoms with van der Waals surface area (Å²) in [6.07, 6.45) is -0.0516. The van der Waals surface area contributed by atoms with Gasteiger partial charge >= 0.3 is 5.97 Å². The van der Waals surface area contributed by atoms with Crippen LogP contribution in [-0.2, 0) is 9.59 Å². The topological polar surface area (TPSA) is 66.4 Å². The second-order valence-corrected chi connectivity index (χ2v) is 6.03. The van der Waals surface area contributed by atoms with Gasteiger partial charge in [0.05, 0.1) is 5.41 Å². The van der Waals surface area contributed by atoms with Gasteiger partial charge in [0.15, 0.2) is 0 Å². The van der Waals surface area contributed by atoms with Crippen molar-refractivity contribution < 1.29 is 14.7 Å². The maximum Gasteiger partial charge on any atom is 0.309 e. The van der Waals surface area contributed by atoms with Crippen molar-refractivity contribution in [3.63, 3.8) is 0 Å². The van der Waals surface area contributed by atoms with E-state index in [9.17, 15) is 9.59 Å². The van der Waals surface area contributed by atoms with Gasteiger partial charge in [-0.2, -0.15) is 0 Å². The predicted molar refractivity (Wildman–Crippen MR) is 76.5 cm³/mol. The fraction of sp³-hybridized carbons (Fsp3) is 0.286. The lowest BCUT2D eigenvalue weighted by atomic mass is 9.89. The summed E-state index contributed by atoms with van der Waals surface area (Å²) < 4.78 is 1.16. The van der Waals surface area contributed by atoms with Crippen LogP contribution in [0.15, 0.2) is 29.6 Å². The Morgan fingerprint density at radius 2 is 2.05 bits per heavy atom. The second kappa shape index (κ2) is 5.01. The van der Waals surface area contributed by atoms with E-state index >= 15 is 0 Å². The molecule has 0 unspecified atom stereocenters. The molecule has 4 nitrogen and oxygen atoms in total. The highest BCUT2D eigenvalue weighted by Gasteiger charge is 2.30. The van der Waals surface area contributed by atoms with Gasteiger partial charge in [0, 0.05) is 16.8 Å². The van der Waals surface area contributed by atoms with Gasteiger partial charge in [-0.1, -0.05) is 0 Å². The fourth-order valence-electron chi connectivity index (χ4n) is 1.73. The Bertz CT molecular complexity index is 630. The first-order valence-corrected chi connectivity index (χ1v) is 6.77. The van der Waals surface area contributed by atoms with Gasteiger partial charge in [-0.05, 0) is 48.9 Å². The number of carbonyl (C=O) groups excluding carboxylic acids is 1. The molecule has 2 aromatic rings. The molecule has 19 heavy (non-hydrogen) atoms. The first kappa shape index (κ1) is 13.5. The summed E-state index contributed by atoms with van der Waals surface area (Å²) >= 11 is 1.64. The average Bonchev–Trinajstić information content (AvgIpc) is 2.74. The molecule has 2 N–H and O–H groups in total. The lowest BCUT2D eigenvalue weighted by Crippen LogP contribution is -2.29. The quantitative estimate of drug-likeness (QED) is 0.900. The van der Waals surface area contributed by atoms with Gasteiger partial charge in [0.2, 0.25) is 5.91 Å². The first-order chi connectivity index (χ1) is 8.88. The van der Waals surface area contributed by atoms with E-state index in [-0.39, 0.29) is 12.3 Å². The van der Waals surface area contributed by atoms with Crippen molar-refractivity contribution in [3.05, 3.63) is 29.6 Å². The molecule has 1 heterocycles. The molecule has 0 fully saturated rings. The summed E-state index contributed by atoms with van der Waals surface area (Å²) in [5.41, 5.74) is -0.367. The van der Waals surface area contributed by atoms with Crippen LogP contribution in [0.1, 0.15) is 20.3 Å². The van der Waals surface area contributed by atoms with Crippen LogP contribution < -0.4 is 5.32 Å². The first-order valence-electron chi connectivity index (χ1n) is 5.89. The number of anilines is 1. The number of thiophene rings is 1. The summed E-state index contributed by atoms with van der Waals surface area (Å²) in [6, 6.07) is 7.64. The van der Waals surface area contributed by atoms with Crippen LogP contribution in [0.2, 0.25) is 0 Å². The van der Waals surface area contributed by atoms with E-state index in [1.54, 1.807) is 11.3 Å². The SMILES string of the molecule is CC(C)(CC(=O)Nc1ccc2sccc2c1)C(=O)O. The number of aliphatic carboxylic acids is 1. The van der Waals surface area contributed by atoms with E-state index in [4.69, 9.17) is 5.11 Å². The van der Waals surface area contributed by atoms with Gasteiger partial charge in [0.1, 0.15) is 0 Å². The van der Waals surface area contributed by atoms with Crippen LogP contribution >= 0.6 is 11.3 Å². The standard InChI is InChI=1S/C14H15NO3S/c1-14(2,13(17)18)8-12(16)15-10-3-4-11-9(7-10)5-6-19-11/h3-7H,8H2,1-2H3,(H,15,16)(H,17,18). The molecule has 100 valence electrons. The minimum absolute atomic E-state index is 0.0516. The van der Waals surface area contributed by atoms with E-state index in [1.165, 1.54) is 13.8 Å². The number of carbonyl (C=O) groups is 2. The van der Waals surface area contributed by atoms with Crippen molar-refractivity contribution >= 4 is 39.0 Å². The number of nitrogens with one attached hydrogen (secondary N) is 1. The Morgan fingerprint density at radius 1 is 1.32 bits per heavy atom. The number of hydrogen-bond acceptors (Lipinski definition) is 3. The third-order valence-corrected chi connectivity index (χ3v) is 3.82. The molecular weight excluding hydrogens is 262 g/mol. The van der Waals surface area contributed by atoms with Gasteiger partial charge in [-0.25, -0.2) is 0 Å². The van der Waals surface area contributed by atoms with Crippen LogP contribution in [0.5, 0.6) is 0 Å². The third kappa shape index (κ3) is 3.12. The molecule has 1 aromatic carbocycles. The van der Waals surface area contributed by atoms with Crippen molar-refractivity contribution in [1.29, 1.82) is 0 Å². The number of fused-ring (bicyclic) bond motifs is 1. The van der Waals surface area contributed by atoms with E-state index in [0.29, 0.717) is 5.69 Å². The lowest BCUT2D eigenvalue weighted by molar-refractivity contribution is -0.148. The van der Waals surface area contributed by atoms with Gasteiger partial charge in [-0.15, -0.1) is 11.3 Å². The minimum atomic E-state index is -1.06. The molecular formula is C14H15NO3S. The number of hydrogen-bond donors (Lipinski definition) is 2. The van der Waals surface area contributed by atoms with Crippen LogP contribution in [-0.4, -0.2) is 17.0 Å². The zero-order chi connectivity index (χ0) is 14.0. The molecule has 0 saturated carbocycles. The van der Waals surface area contributed by atoms with Crippen LogP contribution in [0.4, 0.5) is 5.69 Å². The van der Waals surface area contributed by atoms with Gasteiger partial charge < -0.3 is 10.4 Å². The predicted octanol–water partition coefficient (Wildman–Crippen LogP) is 3.34. The molecule has 0 spiro atoms. The zero-order valence-electron chi connectivity index (χ0n) is 10.8. The van der Waals surface area contributed by atoms with E-state index < -0.39 is 11.4 Å². The Morgan fingerprint density at radius 3 is 2.74 bits per heavy atom. The summed E-state index contributed by atoms with van der Waals surface area (Å²) in [4.78, 5) is 22.8. The van der Waals surface area contributed by atoms with Crippen LogP contribution in [0.3, 0.4) is 0 Å². The highest BCUT2D eigenvalue weighted by molar-refractivity contribution is 7.17. The number of carboxylic acid groups (broad SMARTS) is 1.